The molecule has 1 aliphatic rings. The summed E-state index contributed by atoms with van der Waals surface area (Å²) in [4.78, 5) is 17.5. The second-order valence-corrected chi connectivity index (χ2v) is 4.38. The lowest BCUT2D eigenvalue weighted by Crippen LogP contribution is -2.30. The number of aromatic carboxylic acids is 1. The number of nitrogens with zero attached hydrogens (tertiary/aromatic N) is 2. The highest BCUT2D eigenvalue weighted by atomic mass is 16.4. The van der Waals surface area contributed by atoms with Crippen molar-refractivity contribution in [2.45, 2.75) is 20.3 Å². The molecule has 0 radical (unpaired) electrons. The first-order chi connectivity index (χ1) is 8.08. The van der Waals surface area contributed by atoms with Gasteiger partial charge in [0.2, 0.25) is 0 Å². The molecule has 2 rings (SSSR count). The Kier molecular flexibility index (Phi) is 3.13. The first-order valence-corrected chi connectivity index (χ1v) is 5.69. The molecule has 90 valence electrons. The van der Waals surface area contributed by atoms with E-state index in [0.29, 0.717) is 5.82 Å². The molecule has 4 nitrogen and oxygen atoms in total. The Labute approximate surface area is 101 Å². The van der Waals surface area contributed by atoms with Gasteiger partial charge in [-0.3, -0.25) is 0 Å². The van der Waals surface area contributed by atoms with E-state index < -0.39 is 5.97 Å². The topological polar surface area (TPSA) is 53.4 Å². The molecular weight excluding hydrogens is 216 g/mol. The van der Waals surface area contributed by atoms with Crippen molar-refractivity contribution in [1.29, 1.82) is 0 Å². The molecule has 0 aromatic carbocycles. The molecule has 0 amide bonds. The van der Waals surface area contributed by atoms with Crippen LogP contribution in [0.1, 0.15) is 29.4 Å². The van der Waals surface area contributed by atoms with E-state index in [0.717, 1.165) is 25.2 Å². The summed E-state index contributed by atoms with van der Waals surface area (Å²) in [5, 5.41) is 9.16. The molecule has 1 aliphatic heterocycles. The minimum absolute atomic E-state index is 0.281. The van der Waals surface area contributed by atoms with E-state index in [4.69, 9.17) is 5.11 Å². The monoisotopic (exact) mass is 232 g/mol. The van der Waals surface area contributed by atoms with Crippen LogP contribution in [0.25, 0.3) is 0 Å². The zero-order valence-corrected chi connectivity index (χ0v) is 10.1. The fourth-order valence-electron chi connectivity index (χ4n) is 1.91. The molecule has 2 heterocycles. The van der Waals surface area contributed by atoms with Crippen LogP contribution in [0.4, 0.5) is 5.82 Å². The van der Waals surface area contributed by atoms with Crippen LogP contribution in [-0.2, 0) is 0 Å². The summed E-state index contributed by atoms with van der Waals surface area (Å²) >= 11 is 0. The molecule has 1 aromatic rings. The molecule has 0 unspecified atom stereocenters. The Hall–Kier alpha value is -1.84. The first kappa shape index (κ1) is 11.6. The highest BCUT2D eigenvalue weighted by Crippen LogP contribution is 2.22. The summed E-state index contributed by atoms with van der Waals surface area (Å²) in [6, 6.07) is 3.36. The fourth-order valence-corrected chi connectivity index (χ4v) is 1.91. The third-order valence-electron chi connectivity index (χ3n) is 2.98. The summed E-state index contributed by atoms with van der Waals surface area (Å²) in [5.74, 6) is -0.333. The Morgan fingerprint density at radius 2 is 2.18 bits per heavy atom. The van der Waals surface area contributed by atoms with E-state index >= 15 is 0 Å². The Morgan fingerprint density at radius 1 is 1.41 bits per heavy atom. The first-order valence-electron chi connectivity index (χ1n) is 5.69. The minimum atomic E-state index is -0.918. The predicted octanol–water partition coefficient (Wildman–Crippen LogP) is 2.24. The van der Waals surface area contributed by atoms with Crippen molar-refractivity contribution < 1.29 is 9.90 Å². The van der Waals surface area contributed by atoms with E-state index in [1.807, 2.05) is 11.8 Å². The number of carboxylic acids is 1. The van der Waals surface area contributed by atoms with Gasteiger partial charge in [-0.1, -0.05) is 11.6 Å². The molecule has 0 bridgehead atoms. The normalized spacial score (nSPS) is 15.6. The van der Waals surface area contributed by atoms with Crippen molar-refractivity contribution in [3.63, 3.8) is 0 Å². The van der Waals surface area contributed by atoms with Crippen molar-refractivity contribution in [2.75, 3.05) is 18.0 Å². The second kappa shape index (κ2) is 4.57. The number of pyridine rings is 1. The van der Waals surface area contributed by atoms with Crippen molar-refractivity contribution in [3.8, 4) is 0 Å². The zero-order chi connectivity index (χ0) is 12.4. The van der Waals surface area contributed by atoms with Crippen LogP contribution in [-0.4, -0.2) is 29.1 Å². The molecular formula is C13H16N2O2. The number of aromatic nitrogens is 1. The average molecular weight is 232 g/mol. The van der Waals surface area contributed by atoms with E-state index in [1.165, 1.54) is 5.57 Å². The van der Waals surface area contributed by atoms with Gasteiger partial charge >= 0.3 is 5.97 Å². The van der Waals surface area contributed by atoms with Crippen LogP contribution in [0, 0.1) is 6.92 Å². The lowest BCUT2D eigenvalue weighted by atomic mass is 10.1. The van der Waals surface area contributed by atoms with Crippen molar-refractivity contribution >= 4 is 11.8 Å². The quantitative estimate of drug-likeness (QED) is 0.794. The van der Waals surface area contributed by atoms with Gasteiger partial charge < -0.3 is 10.0 Å². The Bertz CT molecular complexity index is 480. The van der Waals surface area contributed by atoms with E-state index in [-0.39, 0.29) is 5.56 Å². The lowest BCUT2D eigenvalue weighted by molar-refractivity contribution is 0.0697. The Morgan fingerprint density at radius 3 is 2.76 bits per heavy atom. The zero-order valence-electron chi connectivity index (χ0n) is 10.1. The number of aryl methyl sites for hydroxylation is 1. The number of hydrogen-bond acceptors (Lipinski definition) is 3. The highest BCUT2D eigenvalue weighted by molar-refractivity contribution is 5.93. The molecule has 4 heteroatoms. The predicted molar refractivity (Wildman–Crippen MR) is 66.5 cm³/mol. The fraction of sp³-hybridized carbons (Fsp3) is 0.385. The number of carboxylic acid groups (broad SMARTS) is 1. The highest BCUT2D eigenvalue weighted by Gasteiger charge is 2.19. The van der Waals surface area contributed by atoms with Gasteiger partial charge in [0.05, 0.1) is 0 Å². The van der Waals surface area contributed by atoms with Crippen LogP contribution >= 0.6 is 0 Å². The van der Waals surface area contributed by atoms with Crippen LogP contribution in [0.2, 0.25) is 0 Å². The van der Waals surface area contributed by atoms with E-state index in [2.05, 4.69) is 18.0 Å². The molecule has 1 N–H and O–H groups in total. The van der Waals surface area contributed by atoms with Crippen molar-refractivity contribution in [1.82, 2.24) is 4.98 Å². The van der Waals surface area contributed by atoms with Crippen molar-refractivity contribution in [2.24, 2.45) is 0 Å². The molecule has 0 atom stereocenters. The van der Waals surface area contributed by atoms with Crippen LogP contribution in [0.5, 0.6) is 0 Å². The second-order valence-electron chi connectivity index (χ2n) is 4.38. The molecule has 1 aromatic heterocycles. The van der Waals surface area contributed by atoms with Gasteiger partial charge in [0.1, 0.15) is 11.4 Å². The van der Waals surface area contributed by atoms with Gasteiger partial charge in [-0.15, -0.1) is 0 Å². The maximum atomic E-state index is 11.2. The van der Waals surface area contributed by atoms with Gasteiger partial charge in [-0.05, 0) is 32.4 Å². The standard InChI is InChI=1S/C13H16N2O2/c1-9-5-7-15(8-6-9)12-11(13(16)17)4-3-10(2)14-12/h3-5H,6-8H2,1-2H3,(H,16,17). The third-order valence-corrected chi connectivity index (χ3v) is 2.98. The summed E-state index contributed by atoms with van der Waals surface area (Å²) in [6.45, 7) is 5.54. The maximum Gasteiger partial charge on any atom is 0.339 e. The third kappa shape index (κ3) is 2.46. The average Bonchev–Trinajstić information content (AvgIpc) is 2.29. The summed E-state index contributed by atoms with van der Waals surface area (Å²) in [7, 11) is 0. The van der Waals surface area contributed by atoms with E-state index in [1.54, 1.807) is 12.1 Å². The lowest BCUT2D eigenvalue weighted by Gasteiger charge is -2.27. The number of anilines is 1. The van der Waals surface area contributed by atoms with Gasteiger partial charge in [0, 0.05) is 18.8 Å². The summed E-state index contributed by atoms with van der Waals surface area (Å²) in [5.41, 5.74) is 2.48. The molecule has 0 saturated carbocycles. The molecule has 0 spiro atoms. The summed E-state index contributed by atoms with van der Waals surface area (Å²) < 4.78 is 0. The van der Waals surface area contributed by atoms with Crippen LogP contribution in [0.3, 0.4) is 0 Å². The number of carbonyl (C=O) groups is 1. The van der Waals surface area contributed by atoms with E-state index in [9.17, 15) is 4.79 Å². The van der Waals surface area contributed by atoms with Crippen LogP contribution in [0.15, 0.2) is 23.8 Å². The molecule has 17 heavy (non-hydrogen) atoms. The largest absolute Gasteiger partial charge is 0.478 e. The Balaban J connectivity index is 2.37. The number of hydrogen-bond donors (Lipinski definition) is 1. The summed E-state index contributed by atoms with van der Waals surface area (Å²) in [6.07, 6.45) is 3.09. The molecule has 0 aliphatic carbocycles. The van der Waals surface area contributed by atoms with Gasteiger partial charge in [-0.2, -0.15) is 0 Å². The van der Waals surface area contributed by atoms with Gasteiger partial charge in [-0.25, -0.2) is 9.78 Å². The van der Waals surface area contributed by atoms with Gasteiger partial charge in [0.25, 0.3) is 0 Å². The van der Waals surface area contributed by atoms with Crippen molar-refractivity contribution in [3.05, 3.63) is 35.0 Å². The number of rotatable bonds is 2. The SMILES string of the molecule is CC1=CCN(c2nc(C)ccc2C(=O)O)CC1. The van der Waals surface area contributed by atoms with Crippen LogP contribution < -0.4 is 4.90 Å². The molecule has 0 fully saturated rings. The van der Waals surface area contributed by atoms with Gasteiger partial charge in [0.15, 0.2) is 0 Å². The molecule has 0 saturated heterocycles. The smallest absolute Gasteiger partial charge is 0.339 e. The maximum absolute atomic E-state index is 11.2. The minimum Gasteiger partial charge on any atom is -0.478 e.